The van der Waals surface area contributed by atoms with Crippen LogP contribution in [0, 0.1) is 0 Å². The van der Waals surface area contributed by atoms with Gasteiger partial charge in [0.1, 0.15) is 11.2 Å². The van der Waals surface area contributed by atoms with Crippen LogP contribution in [0.15, 0.2) is 12.2 Å². The maximum Gasteiger partial charge on any atom is 0.422 e. The van der Waals surface area contributed by atoms with E-state index in [2.05, 4.69) is 11.3 Å². The fourth-order valence-corrected chi connectivity index (χ4v) is 3.33. The molecule has 0 spiro atoms. The number of hydrogen-bond acceptors (Lipinski definition) is 2. The van der Waals surface area contributed by atoms with Gasteiger partial charge in [-0.1, -0.05) is 6.58 Å². The molecule has 0 amide bonds. The molecule has 0 aromatic carbocycles. The van der Waals surface area contributed by atoms with Crippen LogP contribution >= 0.6 is 0 Å². The van der Waals surface area contributed by atoms with Crippen molar-refractivity contribution in [2.45, 2.75) is 67.1 Å². The highest BCUT2D eigenvalue weighted by atomic mass is 19.4. The fraction of sp³-hybridized carbons (Fsp3) is 0.786. The van der Waals surface area contributed by atoms with Crippen molar-refractivity contribution in [3.63, 3.8) is 0 Å². The van der Waals surface area contributed by atoms with Crippen LogP contribution in [0.4, 0.5) is 48.3 Å². The summed E-state index contributed by atoms with van der Waals surface area (Å²) in [6, 6.07) is 0. The zero-order chi connectivity index (χ0) is 21.5. The van der Waals surface area contributed by atoms with Crippen LogP contribution in [0.1, 0.15) is 26.2 Å². The molecule has 2 aliphatic carbocycles. The van der Waals surface area contributed by atoms with Gasteiger partial charge in [-0.15, -0.1) is 0 Å². The van der Waals surface area contributed by atoms with Gasteiger partial charge in [0, 0.05) is 6.42 Å². The average Bonchev–Trinajstić information content (AvgIpc) is 2.53. The summed E-state index contributed by atoms with van der Waals surface area (Å²) in [7, 11) is 0. The molecule has 27 heavy (non-hydrogen) atoms. The number of hydrogen-bond donors (Lipinski definition) is 0. The molecule has 2 fully saturated rings. The van der Waals surface area contributed by atoms with E-state index in [1.165, 1.54) is 0 Å². The van der Waals surface area contributed by atoms with Gasteiger partial charge in [0.25, 0.3) is 0 Å². The Balaban J connectivity index is 2.44. The topological polar surface area (TPSA) is 26.3 Å². The maximum absolute atomic E-state index is 14.8. The Morgan fingerprint density at radius 3 is 1.74 bits per heavy atom. The van der Waals surface area contributed by atoms with Crippen molar-refractivity contribution >= 4 is 5.97 Å². The third kappa shape index (κ3) is 2.41. The standard InChI is InChI=1S/C14H11F11O2/c1-6(11(17,18)19)7(26)27-8(2)3-4-9(15)10(16,5-8)13(22,23)14(24,25)12(9,20)21/h1,3-5H2,2H3. The molecule has 3 unspecified atom stereocenters. The van der Waals surface area contributed by atoms with E-state index in [1.807, 2.05) is 0 Å². The van der Waals surface area contributed by atoms with E-state index in [4.69, 9.17) is 0 Å². The van der Waals surface area contributed by atoms with Crippen molar-refractivity contribution in [3.05, 3.63) is 12.2 Å². The molecule has 2 rings (SSSR count). The molecule has 2 nitrogen and oxygen atoms in total. The number of rotatable bonds is 2. The second-order valence-corrected chi connectivity index (χ2v) is 6.82. The number of esters is 1. The van der Waals surface area contributed by atoms with Crippen LogP contribution < -0.4 is 0 Å². The summed E-state index contributed by atoms with van der Waals surface area (Å²) < 4.78 is 153. The van der Waals surface area contributed by atoms with Crippen LogP contribution in [0.3, 0.4) is 0 Å². The number of halogens is 11. The normalized spacial score (nSPS) is 39.6. The summed E-state index contributed by atoms with van der Waals surface area (Å²) in [6.45, 7) is 2.88. The van der Waals surface area contributed by atoms with Gasteiger partial charge < -0.3 is 4.74 Å². The van der Waals surface area contributed by atoms with E-state index in [0.29, 0.717) is 6.92 Å². The molecule has 0 bridgehead atoms. The first-order chi connectivity index (χ1) is 11.7. The van der Waals surface area contributed by atoms with Crippen LogP contribution in [0.5, 0.6) is 0 Å². The molecular formula is C14H11F11O2. The van der Waals surface area contributed by atoms with Gasteiger partial charge in [0.2, 0.25) is 11.3 Å². The van der Waals surface area contributed by atoms with Gasteiger partial charge in [-0.25, -0.2) is 13.6 Å². The first-order valence-electron chi connectivity index (χ1n) is 7.21. The number of carbonyl (C=O) groups is 1. The minimum absolute atomic E-state index is 0.542. The molecule has 2 aliphatic rings. The molecule has 0 aromatic rings. The zero-order valence-corrected chi connectivity index (χ0v) is 13.3. The van der Waals surface area contributed by atoms with E-state index in [-0.39, 0.29) is 0 Å². The minimum atomic E-state index is -6.42. The largest absolute Gasteiger partial charge is 0.456 e. The first-order valence-corrected chi connectivity index (χ1v) is 7.21. The lowest BCUT2D eigenvalue weighted by Crippen LogP contribution is -2.64. The summed E-state index contributed by atoms with van der Waals surface area (Å²) in [6.07, 6.45) is -10.7. The predicted molar refractivity (Wildman–Crippen MR) is 66.1 cm³/mol. The van der Waals surface area contributed by atoms with Crippen LogP contribution in [-0.4, -0.2) is 46.9 Å². The number of carbonyl (C=O) groups excluding carboxylic acids is 1. The molecule has 3 atom stereocenters. The van der Waals surface area contributed by atoms with E-state index in [1.54, 1.807) is 0 Å². The van der Waals surface area contributed by atoms with Gasteiger partial charge in [0.05, 0.1) is 0 Å². The summed E-state index contributed by atoms with van der Waals surface area (Å²) in [4.78, 5) is 11.4. The highest BCUT2D eigenvalue weighted by molar-refractivity contribution is 5.89. The summed E-state index contributed by atoms with van der Waals surface area (Å²) in [5.41, 5.74) is -15.1. The van der Waals surface area contributed by atoms with Crippen molar-refractivity contribution in [2.75, 3.05) is 0 Å². The maximum atomic E-state index is 14.8. The van der Waals surface area contributed by atoms with Gasteiger partial charge in [-0.05, 0) is 19.8 Å². The Labute approximate surface area is 144 Å². The molecule has 0 saturated heterocycles. The SMILES string of the molecule is C=C(C(=O)OC1(C)CCC2(F)C(F)(F)C(F)(F)C(F)(F)C2(F)C1)C(F)(F)F. The summed E-state index contributed by atoms with van der Waals surface area (Å²) in [5.74, 6) is -21.0. The molecule has 2 saturated carbocycles. The van der Waals surface area contributed by atoms with E-state index in [9.17, 15) is 53.1 Å². The highest BCUT2D eigenvalue weighted by Gasteiger charge is 2.99. The van der Waals surface area contributed by atoms with Crippen molar-refractivity contribution in [1.82, 2.24) is 0 Å². The Bertz CT molecular complexity index is 685. The molecule has 0 aromatic heterocycles. The van der Waals surface area contributed by atoms with Gasteiger partial charge in [0.15, 0.2) is 0 Å². The van der Waals surface area contributed by atoms with E-state index in [0.717, 1.165) is 0 Å². The van der Waals surface area contributed by atoms with Crippen LogP contribution in [0.25, 0.3) is 0 Å². The smallest absolute Gasteiger partial charge is 0.422 e. The average molecular weight is 420 g/mol. The Kier molecular flexibility index (Phi) is 4.25. The number of ether oxygens (including phenoxy) is 1. The monoisotopic (exact) mass is 420 g/mol. The molecule has 156 valence electrons. The number of fused-ring (bicyclic) bond motifs is 1. The quantitative estimate of drug-likeness (QED) is 0.360. The predicted octanol–water partition coefficient (Wildman–Crippen LogP) is 4.93. The Morgan fingerprint density at radius 2 is 1.30 bits per heavy atom. The van der Waals surface area contributed by atoms with Crippen molar-refractivity contribution in [1.29, 1.82) is 0 Å². The third-order valence-corrected chi connectivity index (χ3v) is 4.96. The lowest BCUT2D eigenvalue weighted by molar-refractivity contribution is -0.292. The lowest BCUT2D eigenvalue weighted by atomic mass is 9.68. The molecule has 13 heteroatoms. The van der Waals surface area contributed by atoms with E-state index < -0.39 is 71.7 Å². The van der Waals surface area contributed by atoms with Crippen molar-refractivity contribution in [2.24, 2.45) is 0 Å². The minimum Gasteiger partial charge on any atom is -0.456 e. The van der Waals surface area contributed by atoms with Crippen LogP contribution in [0.2, 0.25) is 0 Å². The fourth-order valence-electron chi connectivity index (χ4n) is 3.33. The molecule has 0 heterocycles. The molecule has 0 aliphatic heterocycles. The van der Waals surface area contributed by atoms with Crippen LogP contribution in [-0.2, 0) is 9.53 Å². The van der Waals surface area contributed by atoms with Gasteiger partial charge >= 0.3 is 29.9 Å². The summed E-state index contributed by atoms with van der Waals surface area (Å²) in [5, 5.41) is 0. The second-order valence-electron chi connectivity index (χ2n) is 6.82. The van der Waals surface area contributed by atoms with E-state index >= 15 is 0 Å². The number of alkyl halides is 11. The summed E-state index contributed by atoms with van der Waals surface area (Å²) >= 11 is 0. The van der Waals surface area contributed by atoms with Crippen molar-refractivity contribution in [3.8, 4) is 0 Å². The molecule has 0 radical (unpaired) electrons. The first kappa shape index (κ1) is 21.7. The lowest BCUT2D eigenvalue weighted by Gasteiger charge is -2.47. The second kappa shape index (κ2) is 5.28. The molecular weight excluding hydrogens is 409 g/mol. The Morgan fingerprint density at radius 1 is 0.852 bits per heavy atom. The molecule has 0 N–H and O–H groups in total. The zero-order valence-electron chi connectivity index (χ0n) is 13.3. The van der Waals surface area contributed by atoms with Gasteiger partial charge in [-0.2, -0.15) is 39.5 Å². The third-order valence-electron chi connectivity index (χ3n) is 4.96. The highest BCUT2D eigenvalue weighted by Crippen LogP contribution is 2.73. The Hall–Kier alpha value is -1.56. The van der Waals surface area contributed by atoms with Gasteiger partial charge in [-0.3, -0.25) is 0 Å². The van der Waals surface area contributed by atoms with Crippen molar-refractivity contribution < 1.29 is 57.8 Å².